The zero-order chi connectivity index (χ0) is 16.7. The summed E-state index contributed by atoms with van der Waals surface area (Å²) in [5.41, 5.74) is 0.0201. The predicted molar refractivity (Wildman–Crippen MR) is 84.9 cm³/mol. The molecule has 5 nitrogen and oxygen atoms in total. The van der Waals surface area contributed by atoms with Gasteiger partial charge in [0.2, 0.25) is 5.78 Å². The number of carbonyl (C=O) groups excluding carboxylic acids is 1. The number of anilines is 1. The normalized spacial score (nSPS) is 14.1. The predicted octanol–water partition coefficient (Wildman–Crippen LogP) is 3.29. The van der Waals surface area contributed by atoms with Gasteiger partial charge in [0.05, 0.1) is 16.5 Å². The van der Waals surface area contributed by atoms with E-state index < -0.39 is 23.0 Å². The Morgan fingerprint density at radius 1 is 1.25 bits per heavy atom. The molecule has 24 heavy (non-hydrogen) atoms. The molecule has 1 saturated carbocycles. The molecule has 0 unspecified atom stereocenters. The van der Waals surface area contributed by atoms with Crippen molar-refractivity contribution < 1.29 is 13.6 Å². The minimum Gasteiger partial charge on any atom is -0.369 e. The maximum atomic E-state index is 13.9. The van der Waals surface area contributed by atoms with Gasteiger partial charge in [0.15, 0.2) is 0 Å². The van der Waals surface area contributed by atoms with Crippen molar-refractivity contribution in [1.29, 1.82) is 0 Å². The molecule has 0 bridgehead atoms. The molecule has 0 atom stereocenters. The lowest BCUT2D eigenvalue weighted by atomic mass is 10.0. The van der Waals surface area contributed by atoms with E-state index in [0.717, 1.165) is 18.7 Å². The number of rotatable bonds is 5. The van der Waals surface area contributed by atoms with Crippen LogP contribution in [-0.4, -0.2) is 27.3 Å². The lowest BCUT2D eigenvalue weighted by molar-refractivity contribution is 0.103. The Morgan fingerprint density at radius 2 is 2.00 bits per heavy atom. The molecule has 122 valence electrons. The van der Waals surface area contributed by atoms with E-state index in [0.29, 0.717) is 22.8 Å². The lowest BCUT2D eigenvalue weighted by Crippen LogP contribution is -2.09. The van der Waals surface area contributed by atoms with Crippen LogP contribution in [0.25, 0.3) is 11.0 Å². The minimum atomic E-state index is -0.890. The van der Waals surface area contributed by atoms with Crippen molar-refractivity contribution in [2.45, 2.75) is 12.8 Å². The first-order chi connectivity index (χ1) is 11.6. The SMILES string of the molecule is O=C(c1c(F)cccc1F)c1c[nH]c2ncnc(NCC3CC3)c12. The Kier molecular flexibility index (Phi) is 3.48. The van der Waals surface area contributed by atoms with Crippen LogP contribution in [0.5, 0.6) is 0 Å². The first kappa shape index (κ1) is 14.7. The first-order valence-corrected chi connectivity index (χ1v) is 7.70. The highest BCUT2D eigenvalue weighted by Gasteiger charge is 2.25. The summed E-state index contributed by atoms with van der Waals surface area (Å²) in [7, 11) is 0. The van der Waals surface area contributed by atoms with E-state index in [1.54, 1.807) is 0 Å². The van der Waals surface area contributed by atoms with Crippen molar-refractivity contribution in [2.75, 3.05) is 11.9 Å². The number of nitrogens with one attached hydrogen (secondary N) is 2. The highest BCUT2D eigenvalue weighted by molar-refractivity contribution is 6.18. The topological polar surface area (TPSA) is 70.7 Å². The van der Waals surface area contributed by atoms with Gasteiger partial charge in [0.1, 0.15) is 29.4 Å². The average Bonchev–Trinajstić information content (AvgIpc) is 3.29. The molecular weight excluding hydrogens is 314 g/mol. The van der Waals surface area contributed by atoms with Crippen LogP contribution in [0, 0.1) is 17.6 Å². The van der Waals surface area contributed by atoms with Crippen LogP contribution in [0.4, 0.5) is 14.6 Å². The number of hydrogen-bond acceptors (Lipinski definition) is 4. The Bertz CT molecular complexity index is 913. The number of aromatic nitrogens is 3. The van der Waals surface area contributed by atoms with Crippen LogP contribution in [0.3, 0.4) is 0 Å². The molecule has 7 heteroatoms. The molecule has 3 aromatic rings. The third kappa shape index (κ3) is 2.51. The van der Waals surface area contributed by atoms with Crippen LogP contribution in [0.1, 0.15) is 28.8 Å². The zero-order valence-electron chi connectivity index (χ0n) is 12.6. The van der Waals surface area contributed by atoms with Crippen LogP contribution >= 0.6 is 0 Å². The Balaban J connectivity index is 1.79. The molecule has 1 aromatic carbocycles. The molecule has 2 heterocycles. The molecule has 0 spiro atoms. The van der Waals surface area contributed by atoms with Crippen molar-refractivity contribution in [3.63, 3.8) is 0 Å². The monoisotopic (exact) mass is 328 g/mol. The third-order valence-electron chi connectivity index (χ3n) is 4.16. The number of aromatic amines is 1. The summed E-state index contributed by atoms with van der Waals surface area (Å²) in [6, 6.07) is 3.35. The smallest absolute Gasteiger partial charge is 0.201 e. The molecule has 1 aliphatic carbocycles. The Labute approximate surface area is 136 Å². The van der Waals surface area contributed by atoms with Crippen molar-refractivity contribution in [3.8, 4) is 0 Å². The average molecular weight is 328 g/mol. The lowest BCUT2D eigenvalue weighted by Gasteiger charge is -2.08. The van der Waals surface area contributed by atoms with Gasteiger partial charge in [-0.15, -0.1) is 0 Å². The number of carbonyl (C=O) groups is 1. The molecule has 0 radical (unpaired) electrons. The van der Waals surface area contributed by atoms with E-state index in [1.807, 2.05) is 0 Å². The van der Waals surface area contributed by atoms with Gasteiger partial charge in [-0.2, -0.15) is 0 Å². The Hall–Kier alpha value is -2.83. The Morgan fingerprint density at radius 3 is 2.71 bits per heavy atom. The molecule has 2 N–H and O–H groups in total. The van der Waals surface area contributed by atoms with E-state index in [2.05, 4.69) is 20.3 Å². The maximum Gasteiger partial charge on any atom is 0.201 e. The quantitative estimate of drug-likeness (QED) is 0.705. The summed E-state index contributed by atoms with van der Waals surface area (Å²) < 4.78 is 27.9. The summed E-state index contributed by atoms with van der Waals surface area (Å²) in [5, 5.41) is 3.65. The molecule has 2 aromatic heterocycles. The summed E-state index contributed by atoms with van der Waals surface area (Å²) >= 11 is 0. The summed E-state index contributed by atoms with van der Waals surface area (Å²) in [4.78, 5) is 23.8. The van der Waals surface area contributed by atoms with Gasteiger partial charge in [-0.25, -0.2) is 18.7 Å². The second kappa shape index (κ2) is 5.67. The number of nitrogens with zero attached hydrogens (tertiary/aromatic N) is 2. The van der Waals surface area contributed by atoms with Gasteiger partial charge < -0.3 is 10.3 Å². The number of halogens is 2. The van der Waals surface area contributed by atoms with Crippen molar-refractivity contribution in [3.05, 3.63) is 53.5 Å². The fourth-order valence-electron chi connectivity index (χ4n) is 2.69. The second-order valence-corrected chi connectivity index (χ2v) is 5.90. The fourth-order valence-corrected chi connectivity index (χ4v) is 2.69. The van der Waals surface area contributed by atoms with Crippen LogP contribution in [0.2, 0.25) is 0 Å². The molecule has 0 amide bonds. The molecule has 0 saturated heterocycles. The molecule has 4 rings (SSSR count). The van der Waals surface area contributed by atoms with E-state index in [4.69, 9.17) is 0 Å². The molecular formula is C17H14F2N4O. The third-order valence-corrected chi connectivity index (χ3v) is 4.16. The molecule has 0 aliphatic heterocycles. The van der Waals surface area contributed by atoms with Crippen molar-refractivity contribution in [1.82, 2.24) is 15.0 Å². The van der Waals surface area contributed by atoms with Crippen molar-refractivity contribution >= 4 is 22.6 Å². The van der Waals surface area contributed by atoms with Crippen LogP contribution in [0.15, 0.2) is 30.7 Å². The van der Waals surface area contributed by atoms with Gasteiger partial charge in [-0.05, 0) is 30.9 Å². The van der Waals surface area contributed by atoms with Crippen molar-refractivity contribution in [2.24, 2.45) is 5.92 Å². The van der Waals surface area contributed by atoms with Gasteiger partial charge in [0, 0.05) is 12.7 Å². The van der Waals surface area contributed by atoms with Crippen LogP contribution in [-0.2, 0) is 0 Å². The largest absolute Gasteiger partial charge is 0.369 e. The summed E-state index contributed by atoms with van der Waals surface area (Å²) in [6.07, 6.45) is 5.13. The molecule has 1 aliphatic rings. The number of ketones is 1. The number of fused-ring (bicyclic) bond motifs is 1. The van der Waals surface area contributed by atoms with E-state index in [1.165, 1.54) is 31.4 Å². The van der Waals surface area contributed by atoms with E-state index >= 15 is 0 Å². The van der Waals surface area contributed by atoms with E-state index in [-0.39, 0.29) is 5.56 Å². The number of H-pyrrole nitrogens is 1. The highest BCUT2D eigenvalue weighted by atomic mass is 19.1. The summed E-state index contributed by atoms with van der Waals surface area (Å²) in [6.45, 7) is 0.749. The van der Waals surface area contributed by atoms with Gasteiger partial charge in [-0.3, -0.25) is 4.79 Å². The van der Waals surface area contributed by atoms with Gasteiger partial charge >= 0.3 is 0 Å². The van der Waals surface area contributed by atoms with Gasteiger partial charge in [-0.1, -0.05) is 6.07 Å². The number of benzene rings is 1. The van der Waals surface area contributed by atoms with Gasteiger partial charge in [0.25, 0.3) is 0 Å². The zero-order valence-corrected chi connectivity index (χ0v) is 12.6. The summed E-state index contributed by atoms with van der Waals surface area (Å²) in [5.74, 6) is -1.41. The minimum absolute atomic E-state index is 0.146. The maximum absolute atomic E-state index is 13.9. The standard InChI is InChI=1S/C17H14F2N4O/c18-11-2-1-3-12(19)14(11)15(24)10-7-21-17-13(10)16(22-8-23-17)20-6-9-4-5-9/h1-3,7-9H,4-6H2,(H2,20,21,22,23). The highest BCUT2D eigenvalue weighted by Crippen LogP contribution is 2.31. The fraction of sp³-hybridized carbons (Fsp3) is 0.235. The van der Waals surface area contributed by atoms with Crippen LogP contribution < -0.4 is 5.32 Å². The number of hydrogen-bond donors (Lipinski definition) is 2. The first-order valence-electron chi connectivity index (χ1n) is 7.70. The second-order valence-electron chi connectivity index (χ2n) is 5.90. The molecule has 1 fully saturated rings. The van der Waals surface area contributed by atoms with E-state index in [9.17, 15) is 13.6 Å².